The van der Waals surface area contributed by atoms with Crippen LogP contribution >= 0.6 is 11.8 Å². The normalized spacial score (nSPS) is 19.5. The molecule has 1 saturated heterocycles. The summed E-state index contributed by atoms with van der Waals surface area (Å²) in [5, 5.41) is 0.926. The minimum absolute atomic E-state index is 0.0337. The minimum atomic E-state index is -0.0337. The van der Waals surface area contributed by atoms with E-state index in [1.165, 1.54) is 0 Å². The quantitative estimate of drug-likeness (QED) is 0.840. The van der Waals surface area contributed by atoms with Crippen LogP contribution < -0.4 is 5.73 Å². The first kappa shape index (κ1) is 17.1. The zero-order valence-corrected chi connectivity index (χ0v) is 15.0. The van der Waals surface area contributed by atoms with Crippen molar-refractivity contribution in [2.75, 3.05) is 13.1 Å². The first-order chi connectivity index (χ1) is 11.5. The second-order valence-corrected chi connectivity index (χ2v) is 7.33. The Kier molecular flexibility index (Phi) is 5.30. The summed E-state index contributed by atoms with van der Waals surface area (Å²) in [4.78, 5) is 18.8. The molecular formula is C17H24N4O2S. The van der Waals surface area contributed by atoms with Crippen molar-refractivity contribution >= 4 is 17.7 Å². The number of piperidine rings is 1. The standard InChI is InChI=1S/C17H24N4O2S/c1-12(18)13-4-3-8-21(10-13)16(22)15-6-5-14(23-15)11-24-17-19-7-9-20(17)2/h5-7,9,12-13H,3-4,8,10-11,18H2,1-2H3/t12-,13+/m0/s1. The fourth-order valence-corrected chi connectivity index (χ4v) is 3.80. The molecule has 0 aliphatic carbocycles. The van der Waals surface area contributed by atoms with Gasteiger partial charge in [-0.05, 0) is 37.8 Å². The average Bonchev–Trinajstić information content (AvgIpc) is 3.21. The van der Waals surface area contributed by atoms with E-state index in [4.69, 9.17) is 10.2 Å². The van der Waals surface area contributed by atoms with Crippen molar-refractivity contribution in [3.8, 4) is 0 Å². The predicted molar refractivity (Wildman–Crippen MR) is 93.8 cm³/mol. The molecule has 0 unspecified atom stereocenters. The van der Waals surface area contributed by atoms with Gasteiger partial charge in [-0.25, -0.2) is 4.98 Å². The fraction of sp³-hybridized carbons (Fsp3) is 0.529. The van der Waals surface area contributed by atoms with Crippen molar-refractivity contribution in [3.05, 3.63) is 36.0 Å². The number of amides is 1. The summed E-state index contributed by atoms with van der Waals surface area (Å²) >= 11 is 1.59. The first-order valence-corrected chi connectivity index (χ1v) is 9.27. The van der Waals surface area contributed by atoms with E-state index >= 15 is 0 Å². The van der Waals surface area contributed by atoms with Gasteiger partial charge in [0, 0.05) is 38.6 Å². The maximum Gasteiger partial charge on any atom is 0.289 e. The van der Waals surface area contributed by atoms with E-state index in [-0.39, 0.29) is 11.9 Å². The number of likely N-dealkylation sites (tertiary alicyclic amines) is 1. The Bertz CT molecular complexity index is 694. The van der Waals surface area contributed by atoms with Crippen LogP contribution in [0.4, 0.5) is 0 Å². The highest BCUT2D eigenvalue weighted by Gasteiger charge is 2.27. The largest absolute Gasteiger partial charge is 0.455 e. The van der Waals surface area contributed by atoms with Gasteiger partial charge in [-0.15, -0.1) is 0 Å². The van der Waals surface area contributed by atoms with Gasteiger partial charge >= 0.3 is 0 Å². The highest BCUT2D eigenvalue weighted by Crippen LogP contribution is 2.24. The summed E-state index contributed by atoms with van der Waals surface area (Å²) in [5.74, 6) is 2.19. The van der Waals surface area contributed by atoms with E-state index in [0.29, 0.717) is 24.0 Å². The molecule has 0 radical (unpaired) electrons. The van der Waals surface area contributed by atoms with Crippen LogP contribution in [0.2, 0.25) is 0 Å². The Hall–Kier alpha value is -1.73. The molecule has 2 aromatic rings. The van der Waals surface area contributed by atoms with Crippen LogP contribution in [0.25, 0.3) is 0 Å². The Morgan fingerprint density at radius 3 is 3.08 bits per heavy atom. The molecule has 0 spiro atoms. The number of furan rings is 1. The number of aryl methyl sites for hydroxylation is 1. The van der Waals surface area contributed by atoms with Crippen molar-refractivity contribution in [1.82, 2.24) is 14.5 Å². The van der Waals surface area contributed by atoms with E-state index in [2.05, 4.69) is 4.98 Å². The van der Waals surface area contributed by atoms with Gasteiger partial charge in [0.25, 0.3) is 5.91 Å². The molecule has 1 amide bonds. The van der Waals surface area contributed by atoms with Gasteiger partial charge in [0.1, 0.15) is 5.76 Å². The third kappa shape index (κ3) is 3.84. The van der Waals surface area contributed by atoms with Gasteiger partial charge in [0.2, 0.25) is 0 Å². The molecular weight excluding hydrogens is 324 g/mol. The van der Waals surface area contributed by atoms with E-state index in [9.17, 15) is 4.79 Å². The molecule has 6 nitrogen and oxygen atoms in total. The Labute approximate surface area is 146 Å². The topological polar surface area (TPSA) is 77.3 Å². The van der Waals surface area contributed by atoms with Crippen LogP contribution in [-0.2, 0) is 12.8 Å². The molecule has 0 saturated carbocycles. The molecule has 130 valence electrons. The number of carbonyl (C=O) groups is 1. The van der Waals surface area contributed by atoms with Gasteiger partial charge in [0.05, 0.1) is 5.75 Å². The lowest BCUT2D eigenvalue weighted by Crippen LogP contribution is -2.44. The molecule has 3 heterocycles. The fourth-order valence-electron chi connectivity index (χ4n) is 2.98. The second-order valence-electron chi connectivity index (χ2n) is 6.39. The van der Waals surface area contributed by atoms with E-state index in [1.54, 1.807) is 24.0 Å². The number of nitrogens with zero attached hydrogens (tertiary/aromatic N) is 3. The zero-order chi connectivity index (χ0) is 17.1. The number of thioether (sulfide) groups is 1. The number of hydrogen-bond acceptors (Lipinski definition) is 5. The zero-order valence-electron chi connectivity index (χ0n) is 14.1. The maximum absolute atomic E-state index is 12.6. The monoisotopic (exact) mass is 348 g/mol. The van der Waals surface area contributed by atoms with E-state index < -0.39 is 0 Å². The molecule has 0 bridgehead atoms. The highest BCUT2D eigenvalue weighted by atomic mass is 32.2. The van der Waals surface area contributed by atoms with E-state index in [0.717, 1.165) is 30.3 Å². The summed E-state index contributed by atoms with van der Waals surface area (Å²) < 4.78 is 7.71. The summed E-state index contributed by atoms with van der Waals surface area (Å²) in [6.07, 6.45) is 5.76. The van der Waals surface area contributed by atoms with Crippen molar-refractivity contribution in [2.45, 2.75) is 36.7 Å². The lowest BCUT2D eigenvalue weighted by atomic mass is 9.92. The van der Waals surface area contributed by atoms with Crippen molar-refractivity contribution in [1.29, 1.82) is 0 Å². The average molecular weight is 348 g/mol. The highest BCUT2D eigenvalue weighted by molar-refractivity contribution is 7.98. The number of aromatic nitrogens is 2. The number of carbonyl (C=O) groups excluding carboxylic acids is 1. The molecule has 1 fully saturated rings. The predicted octanol–water partition coefficient (Wildman–Crippen LogP) is 2.50. The van der Waals surface area contributed by atoms with Crippen molar-refractivity contribution in [3.63, 3.8) is 0 Å². The number of nitrogens with two attached hydrogens (primary N) is 1. The molecule has 7 heteroatoms. The third-order valence-electron chi connectivity index (χ3n) is 4.48. The van der Waals surface area contributed by atoms with Gasteiger partial charge in [-0.2, -0.15) is 0 Å². The summed E-state index contributed by atoms with van der Waals surface area (Å²) in [6.45, 7) is 3.51. The minimum Gasteiger partial charge on any atom is -0.455 e. The lowest BCUT2D eigenvalue weighted by Gasteiger charge is -2.34. The lowest BCUT2D eigenvalue weighted by molar-refractivity contribution is 0.0627. The molecule has 3 rings (SSSR count). The van der Waals surface area contributed by atoms with Gasteiger partial charge < -0.3 is 19.6 Å². The number of hydrogen-bond donors (Lipinski definition) is 1. The van der Waals surface area contributed by atoms with Crippen LogP contribution in [0.15, 0.2) is 34.1 Å². The van der Waals surface area contributed by atoms with Crippen LogP contribution in [0.3, 0.4) is 0 Å². The summed E-state index contributed by atoms with van der Waals surface area (Å²) in [5.41, 5.74) is 6.00. The summed E-state index contributed by atoms with van der Waals surface area (Å²) in [7, 11) is 1.96. The number of imidazole rings is 1. The number of rotatable bonds is 5. The van der Waals surface area contributed by atoms with Gasteiger partial charge in [0.15, 0.2) is 10.9 Å². The molecule has 2 aromatic heterocycles. The molecule has 2 atom stereocenters. The van der Waals surface area contributed by atoms with Crippen LogP contribution in [0, 0.1) is 5.92 Å². The Morgan fingerprint density at radius 1 is 1.54 bits per heavy atom. The van der Waals surface area contributed by atoms with Crippen molar-refractivity contribution < 1.29 is 9.21 Å². The third-order valence-corrected chi connectivity index (χ3v) is 5.56. The maximum atomic E-state index is 12.6. The van der Waals surface area contributed by atoms with Crippen molar-refractivity contribution in [2.24, 2.45) is 18.7 Å². The Balaban J connectivity index is 1.60. The van der Waals surface area contributed by atoms with Crippen LogP contribution in [-0.4, -0.2) is 39.5 Å². The van der Waals surface area contributed by atoms with E-state index in [1.807, 2.05) is 35.7 Å². The van der Waals surface area contributed by atoms with Gasteiger partial charge in [-0.1, -0.05) is 11.8 Å². The smallest absolute Gasteiger partial charge is 0.289 e. The SMILES string of the molecule is C[C@H](N)[C@@H]1CCCN(C(=O)c2ccc(CSc3nccn3C)o2)C1. The Morgan fingerprint density at radius 2 is 2.38 bits per heavy atom. The molecule has 1 aliphatic heterocycles. The summed E-state index contributed by atoms with van der Waals surface area (Å²) in [6, 6.07) is 3.75. The second kappa shape index (κ2) is 7.44. The molecule has 2 N–H and O–H groups in total. The van der Waals surface area contributed by atoms with Gasteiger partial charge in [-0.3, -0.25) is 4.79 Å². The molecule has 24 heavy (non-hydrogen) atoms. The van der Waals surface area contributed by atoms with Crippen LogP contribution in [0.1, 0.15) is 36.1 Å². The molecule has 1 aliphatic rings. The molecule has 0 aromatic carbocycles. The van der Waals surface area contributed by atoms with Crippen LogP contribution in [0.5, 0.6) is 0 Å². The first-order valence-electron chi connectivity index (χ1n) is 8.28.